The van der Waals surface area contributed by atoms with Crippen molar-refractivity contribution < 1.29 is 13.6 Å². The molecule has 7 heteroatoms. The lowest BCUT2D eigenvalue weighted by molar-refractivity contribution is 0.102. The van der Waals surface area contributed by atoms with Crippen molar-refractivity contribution in [3.63, 3.8) is 0 Å². The van der Waals surface area contributed by atoms with E-state index in [1.807, 2.05) is 42.3 Å². The van der Waals surface area contributed by atoms with E-state index in [-0.39, 0.29) is 11.4 Å². The molecule has 1 amide bonds. The highest BCUT2D eigenvalue weighted by molar-refractivity contribution is 6.02. The molecule has 0 fully saturated rings. The van der Waals surface area contributed by atoms with Gasteiger partial charge in [0, 0.05) is 18.8 Å². The van der Waals surface area contributed by atoms with Gasteiger partial charge in [-0.2, -0.15) is 0 Å². The van der Waals surface area contributed by atoms with Gasteiger partial charge in [-0.1, -0.05) is 18.2 Å². The van der Waals surface area contributed by atoms with Gasteiger partial charge in [0.2, 0.25) is 0 Å². The Morgan fingerprint density at radius 3 is 2.44 bits per heavy atom. The van der Waals surface area contributed by atoms with Gasteiger partial charge in [-0.15, -0.1) is 0 Å². The maximum atomic E-state index is 13.6. The Morgan fingerprint density at radius 2 is 1.80 bits per heavy atom. The Morgan fingerprint density at radius 1 is 1.04 bits per heavy atom. The van der Waals surface area contributed by atoms with Crippen LogP contribution in [0.5, 0.6) is 0 Å². The highest BCUT2D eigenvalue weighted by Crippen LogP contribution is 2.20. The second-order valence-electron chi connectivity index (χ2n) is 5.23. The second kappa shape index (κ2) is 7.04. The fraction of sp³-hybridized carbons (Fsp3) is 0.0556. The van der Waals surface area contributed by atoms with Gasteiger partial charge in [-0.25, -0.2) is 18.7 Å². The number of nitrogens with one attached hydrogen (secondary N) is 1. The van der Waals surface area contributed by atoms with Gasteiger partial charge in [-0.05, 0) is 24.3 Å². The third-order valence-electron chi connectivity index (χ3n) is 3.54. The summed E-state index contributed by atoms with van der Waals surface area (Å²) in [6, 6.07) is 12.4. The Bertz CT molecular complexity index is 885. The third-order valence-corrected chi connectivity index (χ3v) is 3.54. The molecule has 0 aliphatic heterocycles. The number of hydrogen-bond donors (Lipinski definition) is 1. The van der Waals surface area contributed by atoms with E-state index in [9.17, 15) is 13.6 Å². The number of carbonyl (C=O) groups is 1. The van der Waals surface area contributed by atoms with E-state index in [0.717, 1.165) is 17.8 Å². The zero-order valence-corrected chi connectivity index (χ0v) is 13.3. The summed E-state index contributed by atoms with van der Waals surface area (Å²) in [6.45, 7) is 0. The lowest BCUT2D eigenvalue weighted by Gasteiger charge is -2.17. The summed E-state index contributed by atoms with van der Waals surface area (Å²) in [4.78, 5) is 22.2. The predicted octanol–water partition coefficient (Wildman–Crippen LogP) is 3.78. The summed E-state index contributed by atoms with van der Waals surface area (Å²) in [6.07, 6.45) is 2.74. The summed E-state index contributed by atoms with van der Waals surface area (Å²) in [5.41, 5.74) is 0.815. The maximum absolute atomic E-state index is 13.6. The molecule has 25 heavy (non-hydrogen) atoms. The highest BCUT2D eigenvalue weighted by atomic mass is 19.1. The van der Waals surface area contributed by atoms with Crippen molar-refractivity contribution in [1.82, 2.24) is 9.97 Å². The minimum absolute atomic E-state index is 0.0222. The molecule has 0 saturated carbocycles. The van der Waals surface area contributed by atoms with Crippen LogP contribution in [0, 0.1) is 11.6 Å². The second-order valence-corrected chi connectivity index (χ2v) is 5.23. The Labute approximate surface area is 143 Å². The van der Waals surface area contributed by atoms with E-state index in [1.54, 1.807) is 0 Å². The molecule has 0 bridgehead atoms. The number of carbonyl (C=O) groups excluding carboxylic acids is 1. The first-order valence-electron chi connectivity index (χ1n) is 7.42. The normalized spacial score (nSPS) is 10.4. The van der Waals surface area contributed by atoms with Crippen LogP contribution in [0.1, 0.15) is 10.5 Å². The van der Waals surface area contributed by atoms with Crippen molar-refractivity contribution in [2.45, 2.75) is 0 Å². The van der Waals surface area contributed by atoms with Crippen LogP contribution in [0.4, 0.5) is 26.0 Å². The largest absolute Gasteiger partial charge is 0.328 e. The van der Waals surface area contributed by atoms with Gasteiger partial charge >= 0.3 is 0 Å². The number of anilines is 3. The average Bonchev–Trinajstić information content (AvgIpc) is 2.64. The molecule has 5 nitrogen and oxygen atoms in total. The van der Waals surface area contributed by atoms with Gasteiger partial charge < -0.3 is 10.2 Å². The number of rotatable bonds is 4. The van der Waals surface area contributed by atoms with Crippen LogP contribution in [0.25, 0.3) is 0 Å². The molecule has 1 N–H and O–H groups in total. The SMILES string of the molecule is CN(c1ccccc1)c1cnc(C(=O)Nc2ccc(F)cc2F)cn1. The number of amides is 1. The molecule has 0 unspecified atom stereocenters. The van der Waals surface area contributed by atoms with E-state index in [2.05, 4.69) is 15.3 Å². The van der Waals surface area contributed by atoms with Crippen molar-refractivity contribution in [2.24, 2.45) is 0 Å². The molecular formula is C18H14F2N4O. The van der Waals surface area contributed by atoms with E-state index in [0.29, 0.717) is 11.9 Å². The van der Waals surface area contributed by atoms with Gasteiger partial charge in [0.25, 0.3) is 5.91 Å². The van der Waals surface area contributed by atoms with E-state index < -0.39 is 17.5 Å². The molecule has 1 heterocycles. The van der Waals surface area contributed by atoms with E-state index >= 15 is 0 Å². The van der Waals surface area contributed by atoms with Crippen molar-refractivity contribution >= 4 is 23.1 Å². The van der Waals surface area contributed by atoms with Crippen LogP contribution in [0.2, 0.25) is 0 Å². The van der Waals surface area contributed by atoms with Crippen molar-refractivity contribution in [1.29, 1.82) is 0 Å². The molecule has 3 aromatic rings. The van der Waals surface area contributed by atoms with E-state index in [1.165, 1.54) is 12.4 Å². The van der Waals surface area contributed by atoms with Crippen molar-refractivity contribution in [2.75, 3.05) is 17.3 Å². The van der Waals surface area contributed by atoms with Gasteiger partial charge in [0.05, 0.1) is 18.1 Å². The standard InChI is InChI=1S/C18H14F2N4O/c1-24(13-5-3-2-4-6-13)17-11-21-16(10-22-17)18(25)23-15-8-7-12(19)9-14(15)20/h2-11H,1H3,(H,23,25). The zero-order valence-electron chi connectivity index (χ0n) is 13.3. The fourth-order valence-corrected chi connectivity index (χ4v) is 2.17. The van der Waals surface area contributed by atoms with Crippen molar-refractivity contribution in [3.05, 3.63) is 78.3 Å². The van der Waals surface area contributed by atoms with Crippen molar-refractivity contribution in [3.8, 4) is 0 Å². The number of nitrogens with zero attached hydrogens (tertiary/aromatic N) is 3. The fourth-order valence-electron chi connectivity index (χ4n) is 2.17. The minimum Gasteiger partial charge on any atom is -0.328 e. The topological polar surface area (TPSA) is 58.1 Å². The first-order chi connectivity index (χ1) is 12.0. The zero-order chi connectivity index (χ0) is 17.8. The molecule has 0 radical (unpaired) electrons. The molecule has 0 atom stereocenters. The highest BCUT2D eigenvalue weighted by Gasteiger charge is 2.13. The molecule has 2 aromatic carbocycles. The van der Waals surface area contributed by atoms with Crippen LogP contribution >= 0.6 is 0 Å². The average molecular weight is 340 g/mol. The molecule has 126 valence electrons. The minimum atomic E-state index is -0.859. The third kappa shape index (κ3) is 3.77. The molecule has 0 aliphatic carbocycles. The number of aromatic nitrogens is 2. The van der Waals surface area contributed by atoms with Crippen LogP contribution in [-0.4, -0.2) is 22.9 Å². The van der Waals surface area contributed by atoms with Crippen LogP contribution in [0.3, 0.4) is 0 Å². The summed E-state index contributed by atoms with van der Waals surface area (Å²) in [5.74, 6) is -1.66. The summed E-state index contributed by atoms with van der Waals surface area (Å²) >= 11 is 0. The number of hydrogen-bond acceptors (Lipinski definition) is 4. The molecule has 0 aliphatic rings. The molecule has 0 spiro atoms. The quantitative estimate of drug-likeness (QED) is 0.785. The monoisotopic (exact) mass is 340 g/mol. The van der Waals surface area contributed by atoms with E-state index in [4.69, 9.17) is 0 Å². The Kier molecular flexibility index (Phi) is 4.65. The molecule has 3 rings (SSSR count). The van der Waals surface area contributed by atoms with Crippen LogP contribution in [-0.2, 0) is 0 Å². The van der Waals surface area contributed by atoms with Gasteiger partial charge in [-0.3, -0.25) is 4.79 Å². The number of halogens is 2. The summed E-state index contributed by atoms with van der Waals surface area (Å²) < 4.78 is 26.5. The Hall–Kier alpha value is -3.35. The lowest BCUT2D eigenvalue weighted by Crippen LogP contribution is -2.17. The number of para-hydroxylation sites is 1. The molecule has 1 aromatic heterocycles. The summed E-state index contributed by atoms with van der Waals surface area (Å²) in [7, 11) is 1.83. The molecular weight excluding hydrogens is 326 g/mol. The molecule has 0 saturated heterocycles. The predicted molar refractivity (Wildman–Crippen MR) is 90.8 cm³/mol. The first kappa shape index (κ1) is 16.5. The van der Waals surface area contributed by atoms with Crippen LogP contribution < -0.4 is 10.2 Å². The number of benzene rings is 2. The lowest BCUT2D eigenvalue weighted by atomic mass is 10.3. The summed E-state index contributed by atoms with van der Waals surface area (Å²) in [5, 5.41) is 2.34. The van der Waals surface area contributed by atoms with Crippen LogP contribution in [0.15, 0.2) is 60.9 Å². The smallest absolute Gasteiger partial charge is 0.275 e. The first-order valence-corrected chi connectivity index (χ1v) is 7.42. The van der Waals surface area contributed by atoms with Gasteiger partial charge in [0.15, 0.2) is 5.82 Å². The van der Waals surface area contributed by atoms with Gasteiger partial charge in [0.1, 0.15) is 17.3 Å². The maximum Gasteiger partial charge on any atom is 0.275 e. The Balaban J connectivity index is 1.74.